The molecule has 1 saturated heterocycles. The monoisotopic (exact) mass is 261 g/mol. The summed E-state index contributed by atoms with van der Waals surface area (Å²) in [5.74, 6) is -0.429. The molecule has 0 unspecified atom stereocenters. The summed E-state index contributed by atoms with van der Waals surface area (Å²) >= 11 is 0. The largest absolute Gasteiger partial charge is 0.496 e. The smallest absolute Gasteiger partial charge is 0.295 e. The highest BCUT2D eigenvalue weighted by atomic mass is 16.5. The minimum absolute atomic E-state index is 0.347. The number of hydrogen-bond acceptors (Lipinski definition) is 3. The number of ether oxygens (including phenoxy) is 1. The van der Waals surface area contributed by atoms with E-state index < -0.39 is 11.7 Å². The third-order valence-corrected chi connectivity index (χ3v) is 3.44. The molecular formula is C15H19NO3. The number of Topliss-reactive ketones (excluding diaryl/α,β-unsaturated/α-hetero) is 1. The molecule has 102 valence electrons. The lowest BCUT2D eigenvalue weighted by atomic mass is 10.1. The topological polar surface area (TPSA) is 46.6 Å². The van der Waals surface area contributed by atoms with Crippen LogP contribution in [0.25, 0.3) is 0 Å². The van der Waals surface area contributed by atoms with Gasteiger partial charge in [0, 0.05) is 13.1 Å². The van der Waals surface area contributed by atoms with Crippen LogP contribution in [0.15, 0.2) is 24.3 Å². The second-order valence-electron chi connectivity index (χ2n) is 4.74. The molecule has 1 aromatic carbocycles. The Kier molecular flexibility index (Phi) is 4.55. The fraction of sp³-hybridized carbons (Fsp3) is 0.467. The van der Waals surface area contributed by atoms with E-state index in [-0.39, 0.29) is 0 Å². The Morgan fingerprint density at radius 3 is 2.32 bits per heavy atom. The van der Waals surface area contributed by atoms with Gasteiger partial charge in [-0.05, 0) is 25.0 Å². The van der Waals surface area contributed by atoms with Crippen LogP contribution >= 0.6 is 0 Å². The summed E-state index contributed by atoms with van der Waals surface area (Å²) in [4.78, 5) is 26.2. The van der Waals surface area contributed by atoms with Crippen LogP contribution in [0, 0.1) is 0 Å². The number of rotatable bonds is 3. The first-order valence-corrected chi connectivity index (χ1v) is 6.70. The zero-order chi connectivity index (χ0) is 13.7. The highest BCUT2D eigenvalue weighted by Crippen LogP contribution is 2.19. The van der Waals surface area contributed by atoms with E-state index in [1.807, 2.05) is 0 Å². The molecule has 0 radical (unpaired) electrons. The predicted octanol–water partition coefficient (Wildman–Crippen LogP) is 2.28. The summed E-state index contributed by atoms with van der Waals surface area (Å²) < 4.78 is 5.14. The molecule has 4 heteroatoms. The van der Waals surface area contributed by atoms with Crippen LogP contribution < -0.4 is 4.74 Å². The highest BCUT2D eigenvalue weighted by Gasteiger charge is 2.25. The molecule has 0 saturated carbocycles. The van der Waals surface area contributed by atoms with Gasteiger partial charge in [0.25, 0.3) is 11.7 Å². The maximum Gasteiger partial charge on any atom is 0.295 e. The van der Waals surface area contributed by atoms with Gasteiger partial charge in [-0.15, -0.1) is 0 Å². The number of benzene rings is 1. The maximum absolute atomic E-state index is 12.3. The van der Waals surface area contributed by atoms with E-state index >= 15 is 0 Å². The Hall–Kier alpha value is -1.84. The maximum atomic E-state index is 12.3. The summed E-state index contributed by atoms with van der Waals surface area (Å²) in [5.41, 5.74) is 0.347. The molecule has 1 aliphatic heterocycles. The number of ketones is 1. The number of amides is 1. The van der Waals surface area contributed by atoms with Crippen molar-refractivity contribution in [1.29, 1.82) is 0 Å². The van der Waals surface area contributed by atoms with Crippen molar-refractivity contribution < 1.29 is 14.3 Å². The molecule has 1 fully saturated rings. The lowest BCUT2D eigenvalue weighted by Gasteiger charge is -2.19. The van der Waals surface area contributed by atoms with E-state index in [0.29, 0.717) is 24.4 Å². The number of carbonyl (C=O) groups is 2. The van der Waals surface area contributed by atoms with Gasteiger partial charge in [0.1, 0.15) is 5.75 Å². The first-order valence-electron chi connectivity index (χ1n) is 6.70. The molecule has 0 atom stereocenters. The number of likely N-dealkylation sites (tertiary alicyclic amines) is 1. The molecule has 4 nitrogen and oxygen atoms in total. The van der Waals surface area contributed by atoms with Gasteiger partial charge in [-0.2, -0.15) is 0 Å². The minimum atomic E-state index is -0.473. The van der Waals surface area contributed by atoms with E-state index in [1.54, 1.807) is 29.2 Å². The molecule has 0 N–H and O–H groups in total. The fourth-order valence-corrected chi connectivity index (χ4v) is 2.36. The molecule has 0 spiro atoms. The fourth-order valence-electron chi connectivity index (χ4n) is 2.36. The summed E-state index contributed by atoms with van der Waals surface area (Å²) in [5, 5.41) is 0. The van der Waals surface area contributed by atoms with Crippen LogP contribution in [0.3, 0.4) is 0 Å². The molecule has 0 aliphatic carbocycles. The first kappa shape index (κ1) is 13.6. The molecule has 0 aromatic heterocycles. The van der Waals surface area contributed by atoms with Crippen LogP contribution in [0.1, 0.15) is 36.0 Å². The van der Waals surface area contributed by atoms with E-state index in [0.717, 1.165) is 25.7 Å². The second kappa shape index (κ2) is 6.36. The van der Waals surface area contributed by atoms with Crippen molar-refractivity contribution >= 4 is 11.7 Å². The Labute approximate surface area is 113 Å². The van der Waals surface area contributed by atoms with Crippen molar-refractivity contribution in [2.45, 2.75) is 25.7 Å². The first-order chi connectivity index (χ1) is 9.24. The second-order valence-corrected chi connectivity index (χ2v) is 4.74. The van der Waals surface area contributed by atoms with E-state index in [9.17, 15) is 9.59 Å². The number of hydrogen-bond donors (Lipinski definition) is 0. The van der Waals surface area contributed by atoms with Crippen molar-refractivity contribution in [3.63, 3.8) is 0 Å². The standard InChI is InChI=1S/C15H19NO3/c1-19-13-9-5-4-8-12(13)14(17)15(18)16-10-6-2-3-7-11-16/h4-5,8-9H,2-3,6-7,10-11H2,1H3. The Morgan fingerprint density at radius 2 is 1.68 bits per heavy atom. The summed E-state index contributed by atoms with van der Waals surface area (Å²) in [6.07, 6.45) is 4.22. The van der Waals surface area contributed by atoms with E-state index in [2.05, 4.69) is 0 Å². The average molecular weight is 261 g/mol. The number of carbonyl (C=O) groups excluding carboxylic acids is 2. The molecule has 1 heterocycles. The lowest BCUT2D eigenvalue weighted by molar-refractivity contribution is -0.126. The van der Waals surface area contributed by atoms with Crippen molar-refractivity contribution in [3.05, 3.63) is 29.8 Å². The van der Waals surface area contributed by atoms with Crippen molar-refractivity contribution in [2.75, 3.05) is 20.2 Å². The summed E-state index contributed by atoms with van der Waals surface area (Å²) in [7, 11) is 1.50. The van der Waals surface area contributed by atoms with Gasteiger partial charge in [-0.25, -0.2) is 0 Å². The van der Waals surface area contributed by atoms with E-state index in [4.69, 9.17) is 4.74 Å². The Morgan fingerprint density at radius 1 is 1.05 bits per heavy atom. The Balaban J connectivity index is 2.16. The zero-order valence-corrected chi connectivity index (χ0v) is 11.2. The van der Waals surface area contributed by atoms with Crippen LogP contribution in [0.2, 0.25) is 0 Å². The van der Waals surface area contributed by atoms with Gasteiger partial charge >= 0.3 is 0 Å². The van der Waals surface area contributed by atoms with Gasteiger partial charge < -0.3 is 9.64 Å². The SMILES string of the molecule is COc1ccccc1C(=O)C(=O)N1CCCCCC1. The number of methoxy groups -OCH3 is 1. The van der Waals surface area contributed by atoms with Crippen LogP contribution in [0.5, 0.6) is 5.75 Å². The van der Waals surface area contributed by atoms with Gasteiger partial charge in [0.05, 0.1) is 12.7 Å². The normalized spacial score (nSPS) is 15.7. The van der Waals surface area contributed by atoms with Crippen molar-refractivity contribution in [1.82, 2.24) is 4.90 Å². The Bertz CT molecular complexity index is 462. The molecule has 1 aromatic rings. The van der Waals surface area contributed by atoms with Gasteiger partial charge in [0.15, 0.2) is 0 Å². The zero-order valence-electron chi connectivity index (χ0n) is 11.2. The predicted molar refractivity (Wildman–Crippen MR) is 72.4 cm³/mol. The highest BCUT2D eigenvalue weighted by molar-refractivity contribution is 6.43. The molecule has 2 rings (SSSR count). The minimum Gasteiger partial charge on any atom is -0.496 e. The summed E-state index contributed by atoms with van der Waals surface area (Å²) in [6.45, 7) is 1.36. The molecule has 0 bridgehead atoms. The number of para-hydroxylation sites is 1. The lowest BCUT2D eigenvalue weighted by Crippen LogP contribution is -2.37. The molecule has 19 heavy (non-hydrogen) atoms. The van der Waals surface area contributed by atoms with Crippen LogP contribution in [-0.4, -0.2) is 36.8 Å². The molecule has 1 amide bonds. The number of nitrogens with zero attached hydrogens (tertiary/aromatic N) is 1. The third kappa shape index (κ3) is 3.13. The van der Waals surface area contributed by atoms with Gasteiger partial charge in [-0.3, -0.25) is 9.59 Å². The quantitative estimate of drug-likeness (QED) is 0.619. The van der Waals surface area contributed by atoms with Crippen LogP contribution in [-0.2, 0) is 4.79 Å². The van der Waals surface area contributed by atoms with E-state index in [1.165, 1.54) is 7.11 Å². The molecular weight excluding hydrogens is 242 g/mol. The summed E-state index contributed by atoms with van der Waals surface area (Å²) in [6, 6.07) is 6.86. The van der Waals surface area contributed by atoms with Crippen molar-refractivity contribution in [3.8, 4) is 5.75 Å². The average Bonchev–Trinajstić information content (AvgIpc) is 2.74. The van der Waals surface area contributed by atoms with Crippen LogP contribution in [0.4, 0.5) is 0 Å². The van der Waals surface area contributed by atoms with Crippen molar-refractivity contribution in [2.24, 2.45) is 0 Å². The third-order valence-electron chi connectivity index (χ3n) is 3.44. The molecule has 1 aliphatic rings. The van der Waals surface area contributed by atoms with Gasteiger partial charge in [0.2, 0.25) is 0 Å². The van der Waals surface area contributed by atoms with Gasteiger partial charge in [-0.1, -0.05) is 25.0 Å².